The van der Waals surface area contributed by atoms with E-state index in [2.05, 4.69) is 17.6 Å². The Morgan fingerprint density at radius 2 is 1.76 bits per heavy atom. The Labute approximate surface area is 105 Å². The van der Waals surface area contributed by atoms with Crippen LogP contribution < -0.4 is 10.6 Å². The van der Waals surface area contributed by atoms with Gasteiger partial charge in [-0.05, 0) is 38.6 Å². The van der Waals surface area contributed by atoms with Crippen LogP contribution in [0.25, 0.3) is 0 Å². The molecular formula is C13H28N2O2. The predicted octanol–water partition coefficient (Wildman–Crippen LogP) is 1.02. The van der Waals surface area contributed by atoms with Crippen molar-refractivity contribution >= 4 is 0 Å². The van der Waals surface area contributed by atoms with Crippen molar-refractivity contribution in [3.63, 3.8) is 0 Å². The molecule has 1 saturated carbocycles. The summed E-state index contributed by atoms with van der Waals surface area (Å²) in [5.74, 6) is 0.889. The van der Waals surface area contributed by atoms with Crippen molar-refractivity contribution in [3.8, 4) is 0 Å². The summed E-state index contributed by atoms with van der Waals surface area (Å²) in [6.07, 6.45) is 4.38. The van der Waals surface area contributed by atoms with Gasteiger partial charge in [-0.2, -0.15) is 0 Å². The normalized spacial score (nSPS) is 23.6. The molecule has 0 amide bonds. The van der Waals surface area contributed by atoms with E-state index in [1.165, 1.54) is 19.3 Å². The molecule has 2 N–H and O–H groups in total. The molecule has 0 aliphatic heterocycles. The zero-order valence-corrected chi connectivity index (χ0v) is 11.3. The molecule has 4 nitrogen and oxygen atoms in total. The van der Waals surface area contributed by atoms with E-state index in [0.29, 0.717) is 6.10 Å². The fourth-order valence-corrected chi connectivity index (χ4v) is 2.19. The third-order valence-electron chi connectivity index (χ3n) is 3.29. The van der Waals surface area contributed by atoms with Gasteiger partial charge in [-0.3, -0.25) is 0 Å². The van der Waals surface area contributed by atoms with Crippen LogP contribution in [0.2, 0.25) is 0 Å². The van der Waals surface area contributed by atoms with Gasteiger partial charge in [0.15, 0.2) is 0 Å². The Kier molecular flexibility index (Phi) is 8.61. The highest BCUT2D eigenvalue weighted by Crippen LogP contribution is 2.32. The van der Waals surface area contributed by atoms with Gasteiger partial charge in [0.1, 0.15) is 0 Å². The van der Waals surface area contributed by atoms with E-state index < -0.39 is 0 Å². The highest BCUT2D eigenvalue weighted by molar-refractivity contribution is 4.80. The van der Waals surface area contributed by atoms with E-state index in [0.717, 1.165) is 45.3 Å². The highest BCUT2D eigenvalue weighted by atomic mass is 16.5. The molecule has 0 unspecified atom stereocenters. The average molecular weight is 244 g/mol. The van der Waals surface area contributed by atoms with Crippen LogP contribution in [0.1, 0.15) is 26.2 Å². The van der Waals surface area contributed by atoms with Crippen LogP contribution in [0.4, 0.5) is 0 Å². The van der Waals surface area contributed by atoms with Gasteiger partial charge in [0.25, 0.3) is 0 Å². The zero-order valence-electron chi connectivity index (χ0n) is 11.3. The van der Waals surface area contributed by atoms with Crippen molar-refractivity contribution in [2.75, 3.05) is 46.5 Å². The topological polar surface area (TPSA) is 42.5 Å². The quantitative estimate of drug-likeness (QED) is 0.533. The third kappa shape index (κ3) is 6.99. The molecule has 1 aliphatic carbocycles. The number of nitrogens with one attached hydrogen (secondary N) is 2. The monoisotopic (exact) mass is 244 g/mol. The molecule has 1 fully saturated rings. The number of hydrogen-bond donors (Lipinski definition) is 2. The third-order valence-corrected chi connectivity index (χ3v) is 3.29. The Balaban J connectivity index is 1.74. The minimum Gasteiger partial charge on any atom is -0.383 e. The Bertz CT molecular complexity index is 173. The Morgan fingerprint density at radius 1 is 1.06 bits per heavy atom. The summed E-state index contributed by atoms with van der Waals surface area (Å²) in [6.45, 7) is 7.88. The van der Waals surface area contributed by atoms with E-state index in [9.17, 15) is 0 Å². The highest BCUT2D eigenvalue weighted by Gasteiger charge is 2.28. The zero-order chi connectivity index (χ0) is 12.3. The van der Waals surface area contributed by atoms with Crippen molar-refractivity contribution in [1.82, 2.24) is 10.6 Å². The molecule has 0 bridgehead atoms. The van der Waals surface area contributed by atoms with Gasteiger partial charge < -0.3 is 20.1 Å². The van der Waals surface area contributed by atoms with Crippen LogP contribution in [0.5, 0.6) is 0 Å². The van der Waals surface area contributed by atoms with Crippen LogP contribution >= 0.6 is 0 Å². The maximum Gasteiger partial charge on any atom is 0.0587 e. The van der Waals surface area contributed by atoms with E-state index in [4.69, 9.17) is 9.47 Å². The first kappa shape index (κ1) is 14.9. The van der Waals surface area contributed by atoms with Gasteiger partial charge in [-0.15, -0.1) is 0 Å². The summed E-state index contributed by atoms with van der Waals surface area (Å²) in [6, 6.07) is 0. The molecular weight excluding hydrogens is 216 g/mol. The van der Waals surface area contributed by atoms with E-state index >= 15 is 0 Å². The lowest BCUT2D eigenvalue weighted by Gasteiger charge is -2.35. The first-order valence-electron chi connectivity index (χ1n) is 6.88. The van der Waals surface area contributed by atoms with Crippen LogP contribution in [0.3, 0.4) is 0 Å². The van der Waals surface area contributed by atoms with Gasteiger partial charge in [-0.25, -0.2) is 0 Å². The molecule has 0 saturated heterocycles. The van der Waals surface area contributed by atoms with Gasteiger partial charge in [0, 0.05) is 33.4 Å². The smallest absolute Gasteiger partial charge is 0.0587 e. The molecule has 0 aromatic carbocycles. The molecule has 0 aromatic rings. The van der Waals surface area contributed by atoms with Crippen molar-refractivity contribution in [2.24, 2.45) is 5.92 Å². The standard InChI is InChI=1S/C13H28N2O2/c1-3-17-13-10-12(11-13)4-5-14-6-7-15-8-9-16-2/h12-15H,3-11H2,1-2H3. The molecule has 0 heterocycles. The summed E-state index contributed by atoms with van der Waals surface area (Å²) in [7, 11) is 1.73. The lowest BCUT2D eigenvalue weighted by molar-refractivity contribution is -0.0262. The second-order valence-electron chi connectivity index (χ2n) is 4.70. The minimum absolute atomic E-state index is 0.556. The van der Waals surface area contributed by atoms with Crippen LogP contribution in [0.15, 0.2) is 0 Å². The van der Waals surface area contributed by atoms with E-state index in [-0.39, 0.29) is 0 Å². The van der Waals surface area contributed by atoms with Gasteiger partial charge in [0.05, 0.1) is 12.7 Å². The summed E-state index contributed by atoms with van der Waals surface area (Å²) >= 11 is 0. The molecule has 0 spiro atoms. The molecule has 17 heavy (non-hydrogen) atoms. The van der Waals surface area contributed by atoms with E-state index in [1.54, 1.807) is 7.11 Å². The number of rotatable bonds is 11. The maximum absolute atomic E-state index is 5.55. The summed E-state index contributed by atoms with van der Waals surface area (Å²) in [5, 5.41) is 6.78. The Hall–Kier alpha value is -0.160. The Morgan fingerprint density at radius 3 is 2.41 bits per heavy atom. The molecule has 102 valence electrons. The van der Waals surface area contributed by atoms with Crippen LogP contribution in [-0.4, -0.2) is 52.6 Å². The first-order chi connectivity index (χ1) is 8.36. The number of hydrogen-bond acceptors (Lipinski definition) is 4. The summed E-state index contributed by atoms with van der Waals surface area (Å²) < 4.78 is 10.5. The maximum atomic E-state index is 5.55. The lowest BCUT2D eigenvalue weighted by atomic mass is 9.80. The molecule has 4 heteroatoms. The minimum atomic E-state index is 0.556. The lowest BCUT2D eigenvalue weighted by Crippen LogP contribution is -2.35. The van der Waals surface area contributed by atoms with Gasteiger partial charge in [-0.1, -0.05) is 0 Å². The van der Waals surface area contributed by atoms with Crippen LogP contribution in [0, 0.1) is 5.92 Å². The second-order valence-corrected chi connectivity index (χ2v) is 4.70. The second kappa shape index (κ2) is 9.83. The summed E-state index contributed by atoms with van der Waals surface area (Å²) in [4.78, 5) is 0. The molecule has 1 aliphatic rings. The predicted molar refractivity (Wildman–Crippen MR) is 70.4 cm³/mol. The van der Waals surface area contributed by atoms with Crippen molar-refractivity contribution in [3.05, 3.63) is 0 Å². The number of ether oxygens (including phenoxy) is 2. The molecule has 0 atom stereocenters. The largest absolute Gasteiger partial charge is 0.383 e. The summed E-state index contributed by atoms with van der Waals surface area (Å²) in [5.41, 5.74) is 0. The van der Waals surface area contributed by atoms with Gasteiger partial charge >= 0.3 is 0 Å². The first-order valence-corrected chi connectivity index (χ1v) is 6.88. The van der Waals surface area contributed by atoms with Crippen molar-refractivity contribution < 1.29 is 9.47 Å². The van der Waals surface area contributed by atoms with Crippen molar-refractivity contribution in [1.29, 1.82) is 0 Å². The molecule has 1 rings (SSSR count). The molecule has 0 aromatic heterocycles. The SMILES string of the molecule is CCOC1CC(CCNCCNCCOC)C1. The average Bonchev–Trinajstić information content (AvgIpc) is 2.28. The fraction of sp³-hybridized carbons (Fsp3) is 1.00. The van der Waals surface area contributed by atoms with Gasteiger partial charge in [0.2, 0.25) is 0 Å². The van der Waals surface area contributed by atoms with E-state index in [1.807, 2.05) is 0 Å². The van der Waals surface area contributed by atoms with Crippen molar-refractivity contribution in [2.45, 2.75) is 32.3 Å². The molecule has 0 radical (unpaired) electrons. The number of methoxy groups -OCH3 is 1. The van der Waals surface area contributed by atoms with Crippen LogP contribution in [-0.2, 0) is 9.47 Å². The fourth-order valence-electron chi connectivity index (χ4n) is 2.19.